The summed E-state index contributed by atoms with van der Waals surface area (Å²) in [6, 6.07) is 15.4. The standard InChI is InChI=1S/C20H20N2O3S/c1-14-9-11-15(12-10-14)21-18(23)13-25-20(24)8-4-7-19-22-16-5-2-3-6-17(16)26-19/h2-3,5-6,9-12H,4,7-8,13H2,1H3,(H,21,23). The van der Waals surface area contributed by atoms with Crippen molar-refractivity contribution in [2.75, 3.05) is 11.9 Å². The number of thiazole rings is 1. The van der Waals surface area contributed by atoms with Crippen LogP contribution in [0.25, 0.3) is 10.2 Å². The van der Waals surface area contributed by atoms with Crippen molar-refractivity contribution in [3.8, 4) is 0 Å². The smallest absolute Gasteiger partial charge is 0.306 e. The van der Waals surface area contributed by atoms with E-state index in [4.69, 9.17) is 4.74 Å². The van der Waals surface area contributed by atoms with Crippen molar-refractivity contribution in [2.45, 2.75) is 26.2 Å². The van der Waals surface area contributed by atoms with E-state index in [0.717, 1.165) is 27.2 Å². The highest BCUT2D eigenvalue weighted by Gasteiger charge is 2.09. The molecule has 0 bridgehead atoms. The molecule has 0 saturated carbocycles. The zero-order valence-electron chi connectivity index (χ0n) is 14.5. The number of amides is 1. The number of fused-ring (bicyclic) bond motifs is 1. The second-order valence-corrected chi connectivity index (χ2v) is 7.12. The fourth-order valence-electron chi connectivity index (χ4n) is 2.46. The lowest BCUT2D eigenvalue weighted by atomic mass is 10.2. The van der Waals surface area contributed by atoms with Crippen LogP contribution in [0.4, 0.5) is 5.69 Å². The highest BCUT2D eigenvalue weighted by Crippen LogP contribution is 2.22. The molecule has 5 nitrogen and oxygen atoms in total. The Labute approximate surface area is 156 Å². The largest absolute Gasteiger partial charge is 0.456 e. The minimum Gasteiger partial charge on any atom is -0.456 e. The lowest BCUT2D eigenvalue weighted by Gasteiger charge is -2.06. The highest BCUT2D eigenvalue weighted by atomic mass is 32.1. The summed E-state index contributed by atoms with van der Waals surface area (Å²) in [5.41, 5.74) is 2.79. The first-order chi connectivity index (χ1) is 12.6. The number of carbonyl (C=O) groups excluding carboxylic acids is 2. The third-order valence-electron chi connectivity index (χ3n) is 3.81. The van der Waals surface area contributed by atoms with Gasteiger partial charge in [0, 0.05) is 12.1 Å². The first kappa shape index (κ1) is 18.1. The predicted molar refractivity (Wildman–Crippen MR) is 103 cm³/mol. The summed E-state index contributed by atoms with van der Waals surface area (Å²) >= 11 is 1.64. The molecular weight excluding hydrogens is 348 g/mol. The van der Waals surface area contributed by atoms with Gasteiger partial charge in [0.1, 0.15) is 0 Å². The first-order valence-corrected chi connectivity index (χ1v) is 9.28. The van der Waals surface area contributed by atoms with Crippen LogP contribution in [0.15, 0.2) is 48.5 Å². The number of hydrogen-bond acceptors (Lipinski definition) is 5. The van der Waals surface area contributed by atoms with Crippen LogP contribution in [-0.4, -0.2) is 23.5 Å². The second-order valence-electron chi connectivity index (χ2n) is 6.00. The molecule has 0 saturated heterocycles. The number of esters is 1. The van der Waals surface area contributed by atoms with Crippen LogP contribution < -0.4 is 5.32 Å². The maximum Gasteiger partial charge on any atom is 0.306 e. The molecule has 0 fully saturated rings. The monoisotopic (exact) mass is 368 g/mol. The van der Waals surface area contributed by atoms with E-state index in [-0.39, 0.29) is 24.9 Å². The molecule has 134 valence electrons. The Morgan fingerprint density at radius 2 is 1.88 bits per heavy atom. The summed E-state index contributed by atoms with van der Waals surface area (Å²) in [7, 11) is 0. The van der Waals surface area contributed by atoms with Crippen LogP contribution in [0.2, 0.25) is 0 Å². The zero-order valence-corrected chi connectivity index (χ0v) is 15.3. The predicted octanol–water partition coefficient (Wildman–Crippen LogP) is 4.11. The third-order valence-corrected chi connectivity index (χ3v) is 4.91. The Kier molecular flexibility index (Phi) is 5.96. The van der Waals surface area contributed by atoms with Crippen LogP contribution in [0, 0.1) is 6.92 Å². The number of aromatic nitrogens is 1. The summed E-state index contributed by atoms with van der Waals surface area (Å²) < 4.78 is 6.18. The number of ether oxygens (including phenoxy) is 1. The molecule has 3 aromatic rings. The maximum absolute atomic E-state index is 11.8. The normalized spacial score (nSPS) is 10.7. The summed E-state index contributed by atoms with van der Waals surface area (Å²) in [5, 5.41) is 3.71. The summed E-state index contributed by atoms with van der Waals surface area (Å²) in [5.74, 6) is -0.710. The number of nitrogens with one attached hydrogen (secondary N) is 1. The molecule has 1 heterocycles. The summed E-state index contributed by atoms with van der Waals surface area (Å²) in [6.07, 6.45) is 1.65. The summed E-state index contributed by atoms with van der Waals surface area (Å²) in [6.45, 7) is 1.70. The minimum absolute atomic E-state index is 0.270. The van der Waals surface area contributed by atoms with Crippen molar-refractivity contribution >= 4 is 39.1 Å². The van der Waals surface area contributed by atoms with Crippen molar-refractivity contribution in [2.24, 2.45) is 0 Å². The molecule has 0 atom stereocenters. The average molecular weight is 368 g/mol. The van der Waals surface area contributed by atoms with Gasteiger partial charge in [-0.2, -0.15) is 0 Å². The van der Waals surface area contributed by atoms with Gasteiger partial charge in [-0.1, -0.05) is 29.8 Å². The van der Waals surface area contributed by atoms with Crippen molar-refractivity contribution in [1.29, 1.82) is 0 Å². The molecule has 6 heteroatoms. The molecule has 0 radical (unpaired) electrons. The molecular formula is C20H20N2O3S. The SMILES string of the molecule is Cc1ccc(NC(=O)COC(=O)CCCc2nc3ccccc3s2)cc1. The topological polar surface area (TPSA) is 68.3 Å². The summed E-state index contributed by atoms with van der Waals surface area (Å²) in [4.78, 5) is 28.1. The van der Waals surface area contributed by atoms with Gasteiger partial charge in [-0.25, -0.2) is 4.98 Å². The number of benzene rings is 2. The quantitative estimate of drug-likeness (QED) is 0.637. The van der Waals surface area contributed by atoms with Crippen molar-refractivity contribution in [3.05, 3.63) is 59.1 Å². The van der Waals surface area contributed by atoms with Crippen LogP contribution in [0.5, 0.6) is 0 Å². The molecule has 2 aromatic carbocycles. The Morgan fingerprint density at radius 3 is 2.65 bits per heavy atom. The molecule has 1 aromatic heterocycles. The molecule has 26 heavy (non-hydrogen) atoms. The molecule has 0 aliphatic heterocycles. The average Bonchev–Trinajstić information content (AvgIpc) is 3.05. The van der Waals surface area contributed by atoms with E-state index in [9.17, 15) is 9.59 Å². The molecule has 3 rings (SSSR count). The molecule has 0 spiro atoms. The van der Waals surface area contributed by atoms with Gasteiger partial charge >= 0.3 is 5.97 Å². The van der Waals surface area contributed by atoms with Crippen molar-refractivity contribution in [3.63, 3.8) is 0 Å². The second kappa shape index (κ2) is 8.58. The Hall–Kier alpha value is -2.73. The number of hydrogen-bond donors (Lipinski definition) is 1. The highest BCUT2D eigenvalue weighted by molar-refractivity contribution is 7.18. The van der Waals surface area contributed by atoms with E-state index in [1.54, 1.807) is 11.3 Å². The van der Waals surface area contributed by atoms with Gasteiger partial charge < -0.3 is 10.1 Å². The number of para-hydroxylation sites is 1. The van der Waals surface area contributed by atoms with Gasteiger partial charge in [-0.15, -0.1) is 11.3 Å². The maximum atomic E-state index is 11.8. The molecule has 1 N–H and O–H groups in total. The molecule has 1 amide bonds. The lowest BCUT2D eigenvalue weighted by Crippen LogP contribution is -2.20. The van der Waals surface area contributed by atoms with Crippen LogP contribution in [-0.2, 0) is 20.7 Å². The van der Waals surface area contributed by atoms with Gasteiger partial charge in [0.15, 0.2) is 6.61 Å². The lowest BCUT2D eigenvalue weighted by molar-refractivity contribution is -0.147. The molecule has 0 unspecified atom stereocenters. The fraction of sp³-hybridized carbons (Fsp3) is 0.250. The number of carbonyl (C=O) groups is 2. The van der Waals surface area contributed by atoms with Crippen molar-refractivity contribution < 1.29 is 14.3 Å². The van der Waals surface area contributed by atoms with Gasteiger partial charge in [-0.3, -0.25) is 9.59 Å². The Balaban J connectivity index is 1.37. The number of anilines is 1. The van der Waals surface area contributed by atoms with Gasteiger partial charge in [0.25, 0.3) is 5.91 Å². The fourth-order valence-corrected chi connectivity index (χ4v) is 3.47. The zero-order chi connectivity index (χ0) is 18.4. The first-order valence-electron chi connectivity index (χ1n) is 8.47. The minimum atomic E-state index is -0.370. The number of rotatable bonds is 7. The van der Waals surface area contributed by atoms with E-state index < -0.39 is 0 Å². The van der Waals surface area contributed by atoms with Gasteiger partial charge in [0.05, 0.1) is 15.2 Å². The van der Waals surface area contributed by atoms with E-state index in [0.29, 0.717) is 12.1 Å². The van der Waals surface area contributed by atoms with E-state index in [2.05, 4.69) is 10.3 Å². The third kappa shape index (κ3) is 5.13. The molecule has 0 aliphatic carbocycles. The van der Waals surface area contributed by atoms with E-state index >= 15 is 0 Å². The van der Waals surface area contributed by atoms with Crippen LogP contribution in [0.1, 0.15) is 23.4 Å². The van der Waals surface area contributed by atoms with E-state index in [1.165, 1.54) is 0 Å². The van der Waals surface area contributed by atoms with E-state index in [1.807, 2.05) is 55.5 Å². The van der Waals surface area contributed by atoms with Crippen LogP contribution in [0.3, 0.4) is 0 Å². The Bertz CT molecular complexity index is 870. The number of nitrogens with zero attached hydrogens (tertiary/aromatic N) is 1. The van der Waals surface area contributed by atoms with Gasteiger partial charge in [0.2, 0.25) is 0 Å². The Morgan fingerprint density at radius 1 is 1.12 bits per heavy atom. The van der Waals surface area contributed by atoms with Crippen LogP contribution >= 0.6 is 11.3 Å². The molecule has 0 aliphatic rings. The van der Waals surface area contributed by atoms with Gasteiger partial charge in [-0.05, 0) is 44.0 Å². The number of aryl methyl sites for hydroxylation is 2. The van der Waals surface area contributed by atoms with Crippen molar-refractivity contribution in [1.82, 2.24) is 4.98 Å².